The van der Waals surface area contributed by atoms with E-state index in [2.05, 4.69) is 5.32 Å². The van der Waals surface area contributed by atoms with E-state index in [1.54, 1.807) is 37.4 Å². The van der Waals surface area contributed by atoms with Crippen molar-refractivity contribution in [2.45, 2.75) is 57.2 Å². The molecule has 2 aromatic carbocycles. The molecule has 0 spiro atoms. The van der Waals surface area contributed by atoms with Gasteiger partial charge < -0.3 is 15.0 Å². The average molecular weight is 461 g/mol. The van der Waals surface area contributed by atoms with E-state index in [4.69, 9.17) is 16.3 Å². The molecule has 1 atom stereocenters. The Balaban J connectivity index is 1.94. The molecule has 1 N–H and O–H groups in total. The van der Waals surface area contributed by atoms with Gasteiger partial charge in [-0.15, -0.1) is 11.6 Å². The predicted molar refractivity (Wildman–Crippen MR) is 123 cm³/mol. The molecule has 5 nitrogen and oxygen atoms in total. The van der Waals surface area contributed by atoms with Gasteiger partial charge in [0.2, 0.25) is 11.8 Å². The Morgan fingerprint density at radius 3 is 2.34 bits per heavy atom. The average Bonchev–Trinajstić information content (AvgIpc) is 3.08. The molecule has 3 rings (SSSR count). The topological polar surface area (TPSA) is 58.6 Å². The number of amides is 2. The molecule has 0 aliphatic heterocycles. The van der Waals surface area contributed by atoms with Crippen LogP contribution in [0.2, 0.25) is 0 Å². The monoisotopic (exact) mass is 460 g/mol. The Kier molecular flexibility index (Phi) is 8.91. The number of nitrogens with one attached hydrogen (secondary N) is 1. The van der Waals surface area contributed by atoms with Gasteiger partial charge in [-0.3, -0.25) is 9.59 Å². The number of methoxy groups -OCH3 is 1. The fraction of sp³-hybridized carbons (Fsp3) is 0.440. The highest BCUT2D eigenvalue weighted by Gasteiger charge is 2.34. The first-order valence-corrected chi connectivity index (χ1v) is 11.6. The lowest BCUT2D eigenvalue weighted by Crippen LogP contribution is -2.47. The number of carbonyl (C=O) groups excluding carboxylic acids is 2. The fourth-order valence-electron chi connectivity index (χ4n) is 4.18. The third kappa shape index (κ3) is 6.22. The molecule has 0 radical (unpaired) electrons. The van der Waals surface area contributed by atoms with Gasteiger partial charge in [-0.25, -0.2) is 4.39 Å². The van der Waals surface area contributed by atoms with Crippen LogP contribution in [0.25, 0.3) is 0 Å². The number of rotatable bonds is 8. The second-order valence-corrected chi connectivity index (χ2v) is 8.39. The Morgan fingerprint density at radius 1 is 1.09 bits per heavy atom. The van der Waals surface area contributed by atoms with Crippen LogP contribution in [-0.4, -0.2) is 35.7 Å². The number of hydrogen-bond acceptors (Lipinski definition) is 3. The number of alkyl halides is 1. The lowest BCUT2D eigenvalue weighted by atomic mass is 10.0. The standard InChI is InChI=1S/C25H30ClFN2O3/c1-32-20-14-12-18(13-15-20)17-29(23(30)16-26)24(21-10-6-7-11-22(21)27)25(31)28-19-8-4-2-3-5-9-19/h6-7,10-15,19,24H,2-5,8-9,16-17H2,1H3,(H,28,31)/t24-/m0/s1. The summed E-state index contributed by atoms with van der Waals surface area (Å²) < 4.78 is 20.0. The van der Waals surface area contributed by atoms with Crippen LogP contribution in [0.4, 0.5) is 4.39 Å². The second kappa shape index (κ2) is 11.9. The molecule has 1 saturated carbocycles. The maximum atomic E-state index is 14.8. The Hall–Kier alpha value is -2.60. The highest BCUT2D eigenvalue weighted by Crippen LogP contribution is 2.28. The minimum Gasteiger partial charge on any atom is -0.497 e. The lowest BCUT2D eigenvalue weighted by Gasteiger charge is -2.32. The van der Waals surface area contributed by atoms with Gasteiger partial charge in [0.1, 0.15) is 23.5 Å². The molecular formula is C25H30ClFN2O3. The summed E-state index contributed by atoms with van der Waals surface area (Å²) in [5.41, 5.74) is 0.943. The number of benzene rings is 2. The number of carbonyl (C=O) groups is 2. The molecule has 0 unspecified atom stereocenters. The van der Waals surface area contributed by atoms with E-state index in [1.165, 1.54) is 11.0 Å². The van der Waals surface area contributed by atoms with Gasteiger partial charge in [-0.1, -0.05) is 56.0 Å². The zero-order valence-corrected chi connectivity index (χ0v) is 19.1. The zero-order valence-electron chi connectivity index (χ0n) is 18.4. The van der Waals surface area contributed by atoms with Crippen molar-refractivity contribution in [3.05, 3.63) is 65.5 Å². The van der Waals surface area contributed by atoms with E-state index in [-0.39, 0.29) is 29.9 Å². The molecule has 1 aliphatic carbocycles. The van der Waals surface area contributed by atoms with Crippen LogP contribution in [0, 0.1) is 5.82 Å². The van der Waals surface area contributed by atoms with Crippen molar-refractivity contribution in [2.24, 2.45) is 0 Å². The Bertz CT molecular complexity index is 898. The van der Waals surface area contributed by atoms with Crippen molar-refractivity contribution in [2.75, 3.05) is 13.0 Å². The Morgan fingerprint density at radius 2 is 1.75 bits per heavy atom. The molecule has 7 heteroatoms. The third-order valence-corrected chi connectivity index (χ3v) is 6.14. The summed E-state index contributed by atoms with van der Waals surface area (Å²) in [6, 6.07) is 12.2. The van der Waals surface area contributed by atoms with Crippen molar-refractivity contribution < 1.29 is 18.7 Å². The summed E-state index contributed by atoms with van der Waals surface area (Å²) >= 11 is 5.91. The van der Waals surface area contributed by atoms with Crippen molar-refractivity contribution in [3.63, 3.8) is 0 Å². The molecule has 2 aromatic rings. The first-order chi connectivity index (χ1) is 15.5. The molecule has 0 aromatic heterocycles. The summed E-state index contributed by atoms with van der Waals surface area (Å²) in [6.07, 6.45) is 6.17. The minimum absolute atomic E-state index is 0.0215. The van der Waals surface area contributed by atoms with Gasteiger partial charge in [0.15, 0.2) is 0 Å². The molecule has 1 fully saturated rings. The number of nitrogens with zero attached hydrogens (tertiary/aromatic N) is 1. The SMILES string of the molecule is COc1ccc(CN(C(=O)CCl)[C@H](C(=O)NC2CCCCCC2)c2ccccc2F)cc1. The van der Waals surface area contributed by atoms with Crippen LogP contribution in [0.3, 0.4) is 0 Å². The molecule has 0 saturated heterocycles. The molecule has 1 aliphatic rings. The van der Waals surface area contributed by atoms with Crippen molar-refractivity contribution in [1.82, 2.24) is 10.2 Å². The summed E-state index contributed by atoms with van der Waals surface area (Å²) in [7, 11) is 1.57. The molecule has 2 amide bonds. The van der Waals surface area contributed by atoms with Crippen LogP contribution in [0.5, 0.6) is 5.75 Å². The van der Waals surface area contributed by atoms with Gasteiger partial charge in [-0.2, -0.15) is 0 Å². The first kappa shape index (κ1) is 24.1. The van der Waals surface area contributed by atoms with Gasteiger partial charge in [0.25, 0.3) is 0 Å². The second-order valence-electron chi connectivity index (χ2n) is 8.12. The molecule has 0 heterocycles. The van der Waals surface area contributed by atoms with E-state index in [0.29, 0.717) is 5.75 Å². The Labute approximate surface area is 193 Å². The van der Waals surface area contributed by atoms with E-state index < -0.39 is 17.8 Å². The van der Waals surface area contributed by atoms with Gasteiger partial charge in [-0.05, 0) is 36.6 Å². The lowest BCUT2D eigenvalue weighted by molar-refractivity contribution is -0.140. The quantitative estimate of drug-likeness (QED) is 0.446. The highest BCUT2D eigenvalue weighted by atomic mass is 35.5. The van der Waals surface area contributed by atoms with Crippen LogP contribution >= 0.6 is 11.6 Å². The van der Waals surface area contributed by atoms with Crippen molar-refractivity contribution in [3.8, 4) is 5.75 Å². The van der Waals surface area contributed by atoms with E-state index >= 15 is 0 Å². The van der Waals surface area contributed by atoms with E-state index in [0.717, 1.165) is 44.1 Å². The minimum atomic E-state index is -1.12. The fourth-order valence-corrected chi connectivity index (χ4v) is 4.33. The van der Waals surface area contributed by atoms with Crippen molar-refractivity contribution in [1.29, 1.82) is 0 Å². The van der Waals surface area contributed by atoms with Gasteiger partial charge in [0, 0.05) is 18.2 Å². The van der Waals surface area contributed by atoms with E-state index in [9.17, 15) is 14.0 Å². The molecule has 172 valence electrons. The summed E-state index contributed by atoms with van der Waals surface area (Å²) in [4.78, 5) is 27.7. The van der Waals surface area contributed by atoms with Crippen LogP contribution in [-0.2, 0) is 16.1 Å². The zero-order chi connectivity index (χ0) is 22.9. The van der Waals surface area contributed by atoms with E-state index in [1.807, 2.05) is 12.1 Å². The number of halogens is 2. The summed E-state index contributed by atoms with van der Waals surface area (Å²) in [6.45, 7) is 0.118. The smallest absolute Gasteiger partial charge is 0.247 e. The highest BCUT2D eigenvalue weighted by molar-refractivity contribution is 6.27. The molecule has 0 bridgehead atoms. The van der Waals surface area contributed by atoms with Crippen LogP contribution < -0.4 is 10.1 Å². The maximum Gasteiger partial charge on any atom is 0.247 e. The third-order valence-electron chi connectivity index (χ3n) is 5.91. The van der Waals surface area contributed by atoms with Crippen molar-refractivity contribution >= 4 is 23.4 Å². The largest absolute Gasteiger partial charge is 0.497 e. The van der Waals surface area contributed by atoms with Crippen LogP contribution in [0.15, 0.2) is 48.5 Å². The predicted octanol–water partition coefficient (Wildman–Crippen LogP) is 4.98. The summed E-state index contributed by atoms with van der Waals surface area (Å²) in [5, 5.41) is 3.09. The molecule has 32 heavy (non-hydrogen) atoms. The summed E-state index contributed by atoms with van der Waals surface area (Å²) in [5.74, 6) is -0.977. The van der Waals surface area contributed by atoms with Gasteiger partial charge >= 0.3 is 0 Å². The normalized spacial score (nSPS) is 15.5. The van der Waals surface area contributed by atoms with Crippen LogP contribution in [0.1, 0.15) is 55.7 Å². The van der Waals surface area contributed by atoms with Gasteiger partial charge in [0.05, 0.1) is 7.11 Å². The number of ether oxygens (including phenoxy) is 1. The first-order valence-electron chi connectivity index (χ1n) is 11.1. The number of hydrogen-bond donors (Lipinski definition) is 1. The molecular weight excluding hydrogens is 431 g/mol. The maximum absolute atomic E-state index is 14.8.